The Balaban J connectivity index is 2.15. The highest BCUT2D eigenvalue weighted by Gasteiger charge is 2.29. The second-order valence-corrected chi connectivity index (χ2v) is 5.07. The standard InChI is InChI=1S/C15H19NO3/c1-3-11-9-16(7-6-14(11)18)15(19)12-4-5-13(17)10(2)8-12/h4-5,8,11,17H,3,6-7,9H2,1-2H3. The highest BCUT2D eigenvalue weighted by atomic mass is 16.3. The molecule has 0 aliphatic carbocycles. The molecule has 0 aromatic heterocycles. The van der Waals surface area contributed by atoms with Crippen LogP contribution in [-0.2, 0) is 4.79 Å². The summed E-state index contributed by atoms with van der Waals surface area (Å²) in [6, 6.07) is 4.85. The van der Waals surface area contributed by atoms with E-state index < -0.39 is 0 Å². The number of carbonyl (C=O) groups is 2. The van der Waals surface area contributed by atoms with Crippen LogP contribution in [0, 0.1) is 12.8 Å². The van der Waals surface area contributed by atoms with Crippen molar-refractivity contribution in [3.05, 3.63) is 29.3 Å². The predicted molar refractivity (Wildman–Crippen MR) is 72.2 cm³/mol. The molecule has 0 bridgehead atoms. The molecule has 102 valence electrons. The number of ketones is 1. The lowest BCUT2D eigenvalue weighted by atomic mass is 9.93. The van der Waals surface area contributed by atoms with E-state index in [1.165, 1.54) is 6.07 Å². The maximum Gasteiger partial charge on any atom is 0.253 e. The van der Waals surface area contributed by atoms with Crippen LogP contribution in [0.4, 0.5) is 0 Å². The first-order valence-corrected chi connectivity index (χ1v) is 6.64. The number of carbonyl (C=O) groups excluding carboxylic acids is 2. The molecule has 1 aromatic rings. The fourth-order valence-electron chi connectivity index (χ4n) is 2.42. The van der Waals surface area contributed by atoms with Crippen molar-refractivity contribution >= 4 is 11.7 Å². The van der Waals surface area contributed by atoms with Crippen LogP contribution in [-0.4, -0.2) is 34.8 Å². The molecule has 1 N–H and O–H groups in total. The van der Waals surface area contributed by atoms with Gasteiger partial charge in [-0.2, -0.15) is 0 Å². The Labute approximate surface area is 113 Å². The van der Waals surface area contributed by atoms with Crippen LogP contribution in [0.15, 0.2) is 18.2 Å². The average molecular weight is 261 g/mol. The molecule has 1 aliphatic rings. The molecule has 2 rings (SSSR count). The smallest absolute Gasteiger partial charge is 0.253 e. The first-order valence-electron chi connectivity index (χ1n) is 6.64. The summed E-state index contributed by atoms with van der Waals surface area (Å²) >= 11 is 0. The van der Waals surface area contributed by atoms with Crippen molar-refractivity contribution in [1.29, 1.82) is 0 Å². The van der Waals surface area contributed by atoms with Crippen molar-refractivity contribution in [3.63, 3.8) is 0 Å². The fourth-order valence-corrected chi connectivity index (χ4v) is 2.42. The molecule has 4 nitrogen and oxygen atoms in total. The van der Waals surface area contributed by atoms with Crippen LogP contribution in [0.25, 0.3) is 0 Å². The van der Waals surface area contributed by atoms with Gasteiger partial charge in [0, 0.05) is 31.0 Å². The number of rotatable bonds is 2. The Morgan fingerprint density at radius 2 is 2.21 bits per heavy atom. The second kappa shape index (κ2) is 5.43. The molecule has 1 fully saturated rings. The number of hydrogen-bond acceptors (Lipinski definition) is 3. The van der Waals surface area contributed by atoms with Gasteiger partial charge in [-0.25, -0.2) is 0 Å². The summed E-state index contributed by atoms with van der Waals surface area (Å²) in [5.41, 5.74) is 1.26. The zero-order valence-corrected chi connectivity index (χ0v) is 11.3. The third-order valence-electron chi connectivity index (χ3n) is 3.75. The first kappa shape index (κ1) is 13.6. The van der Waals surface area contributed by atoms with Gasteiger partial charge in [0.15, 0.2) is 0 Å². The van der Waals surface area contributed by atoms with Gasteiger partial charge in [0.05, 0.1) is 0 Å². The number of amides is 1. The van der Waals surface area contributed by atoms with Crippen molar-refractivity contribution in [3.8, 4) is 5.75 Å². The van der Waals surface area contributed by atoms with E-state index in [1.807, 2.05) is 6.92 Å². The highest BCUT2D eigenvalue weighted by molar-refractivity contribution is 5.96. The quantitative estimate of drug-likeness (QED) is 0.887. The summed E-state index contributed by atoms with van der Waals surface area (Å²) in [6.45, 7) is 4.74. The molecule has 1 unspecified atom stereocenters. The van der Waals surface area contributed by atoms with Gasteiger partial charge in [-0.15, -0.1) is 0 Å². The summed E-state index contributed by atoms with van der Waals surface area (Å²) in [5, 5.41) is 9.48. The van der Waals surface area contributed by atoms with Crippen LogP contribution >= 0.6 is 0 Å². The normalized spacial score (nSPS) is 19.6. The average Bonchev–Trinajstić information content (AvgIpc) is 2.41. The lowest BCUT2D eigenvalue weighted by Crippen LogP contribution is -2.43. The second-order valence-electron chi connectivity index (χ2n) is 5.07. The molecule has 0 radical (unpaired) electrons. The number of phenols is 1. The monoisotopic (exact) mass is 261 g/mol. The van der Waals surface area contributed by atoms with Gasteiger partial charge in [0.1, 0.15) is 11.5 Å². The van der Waals surface area contributed by atoms with E-state index >= 15 is 0 Å². The van der Waals surface area contributed by atoms with E-state index in [-0.39, 0.29) is 23.4 Å². The van der Waals surface area contributed by atoms with Crippen molar-refractivity contribution in [2.45, 2.75) is 26.7 Å². The molecule has 1 saturated heterocycles. The van der Waals surface area contributed by atoms with E-state index in [1.54, 1.807) is 24.0 Å². The number of hydrogen-bond donors (Lipinski definition) is 1. The maximum atomic E-state index is 12.4. The third kappa shape index (κ3) is 2.78. The Bertz CT molecular complexity index is 510. The number of aryl methyl sites for hydroxylation is 1. The lowest BCUT2D eigenvalue weighted by molar-refractivity contribution is -0.125. The molecule has 1 atom stereocenters. The van der Waals surface area contributed by atoms with Gasteiger partial charge in [0.2, 0.25) is 0 Å². The number of Topliss-reactive ketones (excluding diaryl/α,β-unsaturated/α-hetero) is 1. The van der Waals surface area contributed by atoms with E-state index in [0.717, 1.165) is 6.42 Å². The molecule has 0 saturated carbocycles. The van der Waals surface area contributed by atoms with Crippen LogP contribution in [0.2, 0.25) is 0 Å². The minimum Gasteiger partial charge on any atom is -0.508 e. The van der Waals surface area contributed by atoms with E-state index in [2.05, 4.69) is 0 Å². The van der Waals surface area contributed by atoms with E-state index in [9.17, 15) is 14.7 Å². The van der Waals surface area contributed by atoms with Crippen molar-refractivity contribution < 1.29 is 14.7 Å². The highest BCUT2D eigenvalue weighted by Crippen LogP contribution is 2.21. The largest absolute Gasteiger partial charge is 0.508 e. The molecule has 1 heterocycles. The number of piperidine rings is 1. The zero-order chi connectivity index (χ0) is 14.0. The van der Waals surface area contributed by atoms with Crippen LogP contribution < -0.4 is 0 Å². The van der Waals surface area contributed by atoms with Crippen LogP contribution in [0.3, 0.4) is 0 Å². The number of likely N-dealkylation sites (tertiary alicyclic amines) is 1. The molecule has 19 heavy (non-hydrogen) atoms. The van der Waals surface area contributed by atoms with Crippen molar-refractivity contribution in [2.24, 2.45) is 5.92 Å². The molecule has 1 aliphatic heterocycles. The summed E-state index contributed by atoms with van der Waals surface area (Å²) in [6.07, 6.45) is 1.22. The molecular weight excluding hydrogens is 242 g/mol. The van der Waals surface area contributed by atoms with E-state index in [0.29, 0.717) is 30.6 Å². The molecule has 0 spiro atoms. The minimum absolute atomic E-state index is 0.0316. The van der Waals surface area contributed by atoms with Gasteiger partial charge in [-0.3, -0.25) is 9.59 Å². The first-order chi connectivity index (χ1) is 9.02. The zero-order valence-electron chi connectivity index (χ0n) is 11.3. The summed E-state index contributed by atoms with van der Waals surface area (Å²) in [5.74, 6) is 0.357. The minimum atomic E-state index is -0.0611. The molecule has 4 heteroatoms. The van der Waals surface area contributed by atoms with Gasteiger partial charge in [-0.05, 0) is 37.1 Å². The molecule has 1 aromatic carbocycles. The SMILES string of the molecule is CCC1CN(C(=O)c2ccc(O)c(C)c2)CCC1=O. The summed E-state index contributed by atoms with van der Waals surface area (Å²) in [7, 11) is 0. The van der Waals surface area contributed by atoms with Gasteiger partial charge < -0.3 is 10.0 Å². The Hall–Kier alpha value is -1.84. The Kier molecular flexibility index (Phi) is 3.88. The predicted octanol–water partition coefficient (Wildman–Crippen LogP) is 2.14. The van der Waals surface area contributed by atoms with E-state index in [4.69, 9.17) is 0 Å². The van der Waals surface area contributed by atoms with Crippen LogP contribution in [0.5, 0.6) is 5.75 Å². The maximum absolute atomic E-state index is 12.4. The fraction of sp³-hybridized carbons (Fsp3) is 0.467. The van der Waals surface area contributed by atoms with Crippen molar-refractivity contribution in [2.75, 3.05) is 13.1 Å². The van der Waals surface area contributed by atoms with Gasteiger partial charge >= 0.3 is 0 Å². The topological polar surface area (TPSA) is 57.6 Å². The van der Waals surface area contributed by atoms with Crippen molar-refractivity contribution in [1.82, 2.24) is 4.90 Å². The van der Waals surface area contributed by atoms with Crippen LogP contribution in [0.1, 0.15) is 35.7 Å². The number of nitrogens with zero attached hydrogens (tertiary/aromatic N) is 1. The summed E-state index contributed by atoms with van der Waals surface area (Å²) < 4.78 is 0. The third-order valence-corrected chi connectivity index (χ3v) is 3.75. The number of phenolic OH excluding ortho intramolecular Hbond substituents is 1. The Morgan fingerprint density at radius 3 is 2.84 bits per heavy atom. The lowest BCUT2D eigenvalue weighted by Gasteiger charge is -2.31. The molecular formula is C15H19NO3. The molecule has 1 amide bonds. The van der Waals surface area contributed by atoms with Gasteiger partial charge in [-0.1, -0.05) is 6.92 Å². The Morgan fingerprint density at radius 1 is 1.47 bits per heavy atom. The number of benzene rings is 1. The summed E-state index contributed by atoms with van der Waals surface area (Å²) in [4.78, 5) is 25.8. The number of aromatic hydroxyl groups is 1. The van der Waals surface area contributed by atoms with Gasteiger partial charge in [0.25, 0.3) is 5.91 Å².